The molecule has 1 aliphatic rings. The number of hydrogen-bond acceptors (Lipinski definition) is 2. The zero-order chi connectivity index (χ0) is 9.97. The van der Waals surface area contributed by atoms with Crippen molar-refractivity contribution in [2.75, 3.05) is 11.6 Å². The van der Waals surface area contributed by atoms with Gasteiger partial charge in [-0.15, -0.1) is 11.8 Å². The molecule has 1 aromatic rings. The topological polar surface area (TPSA) is 12.0 Å². The van der Waals surface area contributed by atoms with Crippen LogP contribution in [0.15, 0.2) is 23.1 Å². The maximum absolute atomic E-state index is 3.61. The highest BCUT2D eigenvalue weighted by Gasteiger charge is 2.17. The van der Waals surface area contributed by atoms with Crippen molar-refractivity contribution in [1.82, 2.24) is 0 Å². The molecular weight excluding hydrogens is 190 g/mol. The molecule has 76 valence electrons. The van der Waals surface area contributed by atoms with E-state index in [1.165, 1.54) is 35.4 Å². The van der Waals surface area contributed by atoms with Crippen LogP contribution in [0.1, 0.15) is 24.8 Å². The molecule has 2 heteroatoms. The van der Waals surface area contributed by atoms with Gasteiger partial charge in [0.2, 0.25) is 0 Å². The van der Waals surface area contributed by atoms with E-state index in [2.05, 4.69) is 36.7 Å². The molecule has 0 unspecified atom stereocenters. The van der Waals surface area contributed by atoms with Crippen LogP contribution in [-0.2, 0) is 0 Å². The monoisotopic (exact) mass is 207 g/mol. The summed E-state index contributed by atoms with van der Waals surface area (Å²) >= 11 is 1.80. The highest BCUT2D eigenvalue weighted by molar-refractivity contribution is 7.98. The molecule has 0 saturated heterocycles. The third-order valence-electron chi connectivity index (χ3n) is 2.91. The molecule has 2 rings (SSSR count). The highest BCUT2D eigenvalue weighted by atomic mass is 32.2. The smallest absolute Gasteiger partial charge is 0.0383 e. The van der Waals surface area contributed by atoms with E-state index in [-0.39, 0.29) is 0 Å². The van der Waals surface area contributed by atoms with Gasteiger partial charge in [0.25, 0.3) is 0 Å². The van der Waals surface area contributed by atoms with Gasteiger partial charge in [0.05, 0.1) is 0 Å². The zero-order valence-electron chi connectivity index (χ0n) is 8.84. The number of benzene rings is 1. The standard InChI is InChI=1S/C12H17NS/c1-9-6-7-11(14-2)8-12(9)13-10-4-3-5-10/h6-8,10,13H,3-5H2,1-2H3. The summed E-state index contributed by atoms with van der Waals surface area (Å²) in [5.74, 6) is 0. The minimum atomic E-state index is 0.728. The van der Waals surface area contributed by atoms with Gasteiger partial charge in [0, 0.05) is 16.6 Å². The fourth-order valence-corrected chi connectivity index (χ4v) is 2.10. The summed E-state index contributed by atoms with van der Waals surface area (Å²) in [7, 11) is 0. The van der Waals surface area contributed by atoms with Gasteiger partial charge in [-0.25, -0.2) is 0 Å². The minimum Gasteiger partial charge on any atom is -0.382 e. The van der Waals surface area contributed by atoms with Crippen molar-refractivity contribution in [1.29, 1.82) is 0 Å². The first kappa shape index (κ1) is 9.91. The van der Waals surface area contributed by atoms with Crippen LogP contribution in [0.5, 0.6) is 0 Å². The number of aryl methyl sites for hydroxylation is 1. The van der Waals surface area contributed by atoms with Crippen LogP contribution in [0.4, 0.5) is 5.69 Å². The van der Waals surface area contributed by atoms with Crippen LogP contribution in [0.2, 0.25) is 0 Å². The largest absolute Gasteiger partial charge is 0.382 e. The zero-order valence-corrected chi connectivity index (χ0v) is 9.66. The SMILES string of the molecule is CSc1ccc(C)c(NC2CCC2)c1. The fourth-order valence-electron chi connectivity index (χ4n) is 1.66. The van der Waals surface area contributed by atoms with E-state index < -0.39 is 0 Å². The van der Waals surface area contributed by atoms with Crippen molar-refractivity contribution in [3.05, 3.63) is 23.8 Å². The first-order valence-electron chi connectivity index (χ1n) is 5.21. The maximum atomic E-state index is 3.61. The Balaban J connectivity index is 2.13. The molecular formula is C12H17NS. The van der Waals surface area contributed by atoms with Gasteiger partial charge in [-0.1, -0.05) is 6.07 Å². The van der Waals surface area contributed by atoms with Gasteiger partial charge in [0.1, 0.15) is 0 Å². The molecule has 0 atom stereocenters. The Morgan fingerprint density at radius 3 is 2.71 bits per heavy atom. The lowest BCUT2D eigenvalue weighted by Gasteiger charge is -2.28. The average Bonchev–Trinajstić information content (AvgIpc) is 2.14. The molecule has 1 saturated carbocycles. The Hall–Kier alpha value is -0.630. The second-order valence-corrected chi connectivity index (χ2v) is 4.83. The molecule has 0 radical (unpaired) electrons. The summed E-state index contributed by atoms with van der Waals surface area (Å²) in [6, 6.07) is 7.38. The van der Waals surface area contributed by atoms with E-state index >= 15 is 0 Å². The van der Waals surface area contributed by atoms with Gasteiger partial charge in [-0.3, -0.25) is 0 Å². The van der Waals surface area contributed by atoms with Gasteiger partial charge >= 0.3 is 0 Å². The molecule has 1 N–H and O–H groups in total. The van der Waals surface area contributed by atoms with Crippen LogP contribution >= 0.6 is 11.8 Å². The predicted molar refractivity (Wildman–Crippen MR) is 64.2 cm³/mol. The average molecular weight is 207 g/mol. The first-order chi connectivity index (χ1) is 6.79. The van der Waals surface area contributed by atoms with E-state index in [0.717, 1.165) is 6.04 Å². The molecule has 0 amide bonds. The molecule has 1 fully saturated rings. The highest BCUT2D eigenvalue weighted by Crippen LogP contribution is 2.27. The van der Waals surface area contributed by atoms with Crippen LogP contribution in [0.25, 0.3) is 0 Å². The van der Waals surface area contributed by atoms with Crippen LogP contribution in [-0.4, -0.2) is 12.3 Å². The maximum Gasteiger partial charge on any atom is 0.0383 e. The molecule has 14 heavy (non-hydrogen) atoms. The van der Waals surface area contributed by atoms with E-state index in [1.54, 1.807) is 11.8 Å². The normalized spacial score (nSPS) is 16.4. The number of thioether (sulfide) groups is 1. The van der Waals surface area contributed by atoms with E-state index in [0.29, 0.717) is 0 Å². The second-order valence-electron chi connectivity index (χ2n) is 3.95. The lowest BCUT2D eigenvalue weighted by molar-refractivity contribution is 0.445. The number of anilines is 1. The van der Waals surface area contributed by atoms with Gasteiger partial charge < -0.3 is 5.32 Å². The third-order valence-corrected chi connectivity index (χ3v) is 3.63. The van der Waals surface area contributed by atoms with Gasteiger partial charge in [-0.05, 0) is 50.1 Å². The third kappa shape index (κ3) is 2.06. The minimum absolute atomic E-state index is 0.728. The first-order valence-corrected chi connectivity index (χ1v) is 6.43. The van der Waals surface area contributed by atoms with E-state index in [1.807, 2.05) is 0 Å². The van der Waals surface area contributed by atoms with Crippen molar-refractivity contribution in [3.63, 3.8) is 0 Å². The second kappa shape index (κ2) is 4.26. The summed E-state index contributed by atoms with van der Waals surface area (Å²) in [6.45, 7) is 2.17. The van der Waals surface area contributed by atoms with Crippen molar-refractivity contribution in [2.24, 2.45) is 0 Å². The summed E-state index contributed by atoms with van der Waals surface area (Å²) < 4.78 is 0. The van der Waals surface area contributed by atoms with Gasteiger partial charge in [0.15, 0.2) is 0 Å². The van der Waals surface area contributed by atoms with Crippen molar-refractivity contribution in [3.8, 4) is 0 Å². The van der Waals surface area contributed by atoms with Crippen LogP contribution in [0.3, 0.4) is 0 Å². The lowest BCUT2D eigenvalue weighted by atomic mass is 9.93. The van der Waals surface area contributed by atoms with Gasteiger partial charge in [-0.2, -0.15) is 0 Å². The molecule has 0 aromatic heterocycles. The Morgan fingerprint density at radius 1 is 1.36 bits per heavy atom. The Bertz CT molecular complexity index is 318. The Kier molecular flexibility index (Phi) is 3.02. The fraction of sp³-hybridized carbons (Fsp3) is 0.500. The van der Waals surface area contributed by atoms with Crippen LogP contribution < -0.4 is 5.32 Å². The van der Waals surface area contributed by atoms with Crippen molar-refractivity contribution in [2.45, 2.75) is 37.1 Å². The van der Waals surface area contributed by atoms with Crippen LogP contribution in [0, 0.1) is 6.92 Å². The summed E-state index contributed by atoms with van der Waals surface area (Å²) in [6.07, 6.45) is 6.18. The summed E-state index contributed by atoms with van der Waals surface area (Å²) in [5.41, 5.74) is 2.68. The summed E-state index contributed by atoms with van der Waals surface area (Å²) in [4.78, 5) is 1.34. The lowest BCUT2D eigenvalue weighted by Crippen LogP contribution is -2.27. The quantitative estimate of drug-likeness (QED) is 0.759. The molecule has 1 aliphatic carbocycles. The predicted octanol–water partition coefficient (Wildman–Crippen LogP) is 3.68. The molecule has 1 nitrogen and oxygen atoms in total. The Labute approximate surface area is 90.3 Å². The molecule has 0 heterocycles. The van der Waals surface area contributed by atoms with E-state index in [4.69, 9.17) is 0 Å². The molecule has 1 aromatic carbocycles. The van der Waals surface area contributed by atoms with E-state index in [9.17, 15) is 0 Å². The number of hydrogen-bond donors (Lipinski definition) is 1. The Morgan fingerprint density at radius 2 is 2.14 bits per heavy atom. The molecule has 0 spiro atoms. The number of nitrogens with one attached hydrogen (secondary N) is 1. The van der Waals surface area contributed by atoms with Crippen molar-refractivity contribution < 1.29 is 0 Å². The molecule has 0 bridgehead atoms. The number of rotatable bonds is 3. The van der Waals surface area contributed by atoms with Crippen molar-refractivity contribution >= 4 is 17.4 Å². The summed E-state index contributed by atoms with van der Waals surface area (Å²) in [5, 5.41) is 3.61. The molecule has 0 aliphatic heterocycles.